The molecule has 1 fully saturated rings. The van der Waals surface area contributed by atoms with Gasteiger partial charge in [-0.2, -0.15) is 5.10 Å². The summed E-state index contributed by atoms with van der Waals surface area (Å²) in [5.41, 5.74) is 1.37. The van der Waals surface area contributed by atoms with Gasteiger partial charge in [0.1, 0.15) is 5.75 Å². The minimum atomic E-state index is 0.725. The van der Waals surface area contributed by atoms with Crippen molar-refractivity contribution in [1.29, 1.82) is 0 Å². The maximum atomic E-state index is 5.49. The molecule has 2 aromatic rings. The van der Waals surface area contributed by atoms with Gasteiger partial charge in [-0.25, -0.2) is 0 Å². The van der Waals surface area contributed by atoms with E-state index in [1.54, 1.807) is 0 Å². The van der Waals surface area contributed by atoms with Crippen LogP contribution in [0.2, 0.25) is 0 Å². The van der Waals surface area contributed by atoms with Gasteiger partial charge in [0, 0.05) is 25.5 Å². The van der Waals surface area contributed by atoms with E-state index in [1.807, 2.05) is 19.2 Å². The number of hydrogen-bond acceptors (Lipinski definition) is 3. The largest absolute Gasteiger partial charge is 0.494 e. The minimum Gasteiger partial charge on any atom is -0.494 e. The van der Waals surface area contributed by atoms with Crippen molar-refractivity contribution >= 4 is 0 Å². The normalized spacial score (nSPS) is 16.8. The molecule has 4 heteroatoms. The average Bonchev–Trinajstić information content (AvgIpc) is 3.04. The first-order valence-corrected chi connectivity index (χ1v) is 8.25. The molecule has 3 rings (SSSR count). The van der Waals surface area contributed by atoms with Gasteiger partial charge < -0.3 is 4.74 Å². The fourth-order valence-corrected chi connectivity index (χ4v) is 3.12. The van der Waals surface area contributed by atoms with Gasteiger partial charge in [0.05, 0.1) is 6.61 Å². The molecule has 0 N–H and O–H groups in total. The number of benzene rings is 1. The molecular weight excluding hydrogens is 274 g/mol. The van der Waals surface area contributed by atoms with Crippen LogP contribution in [0.5, 0.6) is 5.75 Å². The van der Waals surface area contributed by atoms with Gasteiger partial charge in [-0.15, -0.1) is 0 Å². The third-order valence-electron chi connectivity index (χ3n) is 4.35. The standard InChI is InChI=1S/C18H25N3O/c1-2-22-18-6-4-16(5-7-18)14-20-12-8-17(9-13-20)15-21-11-3-10-19-21/h3-7,10-11,17H,2,8-9,12-15H2,1H3. The zero-order valence-electron chi connectivity index (χ0n) is 13.3. The Hall–Kier alpha value is -1.81. The van der Waals surface area contributed by atoms with Crippen molar-refractivity contribution < 1.29 is 4.74 Å². The Morgan fingerprint density at radius 1 is 1.18 bits per heavy atom. The Balaban J connectivity index is 1.45. The molecule has 1 aliphatic rings. The number of ether oxygens (including phenoxy) is 1. The molecule has 1 aromatic heterocycles. The highest BCUT2D eigenvalue weighted by atomic mass is 16.5. The molecule has 22 heavy (non-hydrogen) atoms. The third-order valence-corrected chi connectivity index (χ3v) is 4.35. The third kappa shape index (κ3) is 4.10. The molecule has 0 aliphatic carbocycles. The number of nitrogens with zero attached hydrogens (tertiary/aromatic N) is 3. The van der Waals surface area contributed by atoms with Crippen LogP contribution in [0.4, 0.5) is 0 Å². The number of aromatic nitrogens is 2. The second-order valence-electron chi connectivity index (χ2n) is 6.02. The first-order chi connectivity index (χ1) is 10.8. The van der Waals surface area contributed by atoms with Gasteiger partial charge in [-0.1, -0.05) is 12.1 Å². The molecule has 0 spiro atoms. The van der Waals surface area contributed by atoms with E-state index in [9.17, 15) is 0 Å². The van der Waals surface area contributed by atoms with Crippen molar-refractivity contribution in [2.45, 2.75) is 32.9 Å². The molecule has 0 saturated carbocycles. The molecule has 0 unspecified atom stereocenters. The maximum Gasteiger partial charge on any atom is 0.119 e. The topological polar surface area (TPSA) is 30.3 Å². The van der Waals surface area contributed by atoms with Crippen LogP contribution < -0.4 is 4.74 Å². The van der Waals surface area contributed by atoms with Crippen molar-refractivity contribution in [3.8, 4) is 5.75 Å². The van der Waals surface area contributed by atoms with Gasteiger partial charge in [-0.3, -0.25) is 9.58 Å². The van der Waals surface area contributed by atoms with E-state index in [1.165, 1.54) is 31.5 Å². The summed E-state index contributed by atoms with van der Waals surface area (Å²) in [6, 6.07) is 10.5. The van der Waals surface area contributed by atoms with Crippen LogP contribution in [0, 0.1) is 5.92 Å². The van der Waals surface area contributed by atoms with Gasteiger partial charge in [-0.05, 0) is 62.5 Å². The summed E-state index contributed by atoms with van der Waals surface area (Å²) in [6.45, 7) is 7.20. The highest BCUT2D eigenvalue weighted by Gasteiger charge is 2.19. The van der Waals surface area contributed by atoms with Crippen LogP contribution in [0.1, 0.15) is 25.3 Å². The second-order valence-corrected chi connectivity index (χ2v) is 6.02. The van der Waals surface area contributed by atoms with Crippen LogP contribution in [-0.2, 0) is 13.1 Å². The number of rotatable bonds is 6. The summed E-state index contributed by atoms with van der Waals surface area (Å²) in [5, 5.41) is 4.31. The Labute approximate surface area is 132 Å². The first-order valence-electron chi connectivity index (χ1n) is 8.25. The quantitative estimate of drug-likeness (QED) is 0.820. The lowest BCUT2D eigenvalue weighted by atomic mass is 9.96. The molecule has 2 heterocycles. The second kappa shape index (κ2) is 7.45. The van der Waals surface area contributed by atoms with E-state index in [2.05, 4.69) is 45.1 Å². The zero-order chi connectivity index (χ0) is 15.2. The minimum absolute atomic E-state index is 0.725. The van der Waals surface area contributed by atoms with E-state index in [0.717, 1.165) is 31.4 Å². The Morgan fingerprint density at radius 2 is 1.95 bits per heavy atom. The summed E-state index contributed by atoms with van der Waals surface area (Å²) in [7, 11) is 0. The lowest BCUT2D eigenvalue weighted by Crippen LogP contribution is -2.34. The van der Waals surface area contributed by atoms with Crippen molar-refractivity contribution in [2.24, 2.45) is 5.92 Å². The van der Waals surface area contributed by atoms with Crippen molar-refractivity contribution in [1.82, 2.24) is 14.7 Å². The fraction of sp³-hybridized carbons (Fsp3) is 0.500. The highest BCUT2D eigenvalue weighted by Crippen LogP contribution is 2.21. The summed E-state index contributed by atoms with van der Waals surface area (Å²) >= 11 is 0. The van der Waals surface area contributed by atoms with Crippen molar-refractivity contribution in [3.05, 3.63) is 48.3 Å². The smallest absolute Gasteiger partial charge is 0.119 e. The summed E-state index contributed by atoms with van der Waals surface area (Å²) in [4.78, 5) is 2.55. The molecule has 1 aliphatic heterocycles. The van der Waals surface area contributed by atoms with Gasteiger partial charge in [0.15, 0.2) is 0 Å². The number of likely N-dealkylation sites (tertiary alicyclic amines) is 1. The molecule has 0 atom stereocenters. The van der Waals surface area contributed by atoms with E-state index >= 15 is 0 Å². The fourth-order valence-electron chi connectivity index (χ4n) is 3.12. The predicted octanol–water partition coefficient (Wildman–Crippen LogP) is 3.19. The Morgan fingerprint density at radius 3 is 2.59 bits per heavy atom. The van der Waals surface area contributed by atoms with E-state index in [-0.39, 0.29) is 0 Å². The van der Waals surface area contributed by atoms with Crippen LogP contribution in [-0.4, -0.2) is 34.4 Å². The molecule has 1 aromatic carbocycles. The highest BCUT2D eigenvalue weighted by molar-refractivity contribution is 5.27. The van der Waals surface area contributed by atoms with Gasteiger partial charge in [0.2, 0.25) is 0 Å². The Kier molecular flexibility index (Phi) is 5.11. The monoisotopic (exact) mass is 299 g/mol. The summed E-state index contributed by atoms with van der Waals surface area (Å²) < 4.78 is 7.56. The van der Waals surface area contributed by atoms with Crippen LogP contribution in [0.25, 0.3) is 0 Å². The molecule has 0 bridgehead atoms. The molecule has 118 valence electrons. The molecule has 4 nitrogen and oxygen atoms in total. The van der Waals surface area contributed by atoms with Crippen molar-refractivity contribution in [3.63, 3.8) is 0 Å². The Bertz CT molecular complexity index is 542. The van der Waals surface area contributed by atoms with E-state index in [0.29, 0.717) is 0 Å². The maximum absolute atomic E-state index is 5.49. The number of piperidine rings is 1. The molecule has 1 saturated heterocycles. The zero-order valence-corrected chi connectivity index (χ0v) is 13.3. The van der Waals surface area contributed by atoms with Gasteiger partial charge in [0.25, 0.3) is 0 Å². The molecular formula is C18H25N3O. The summed E-state index contributed by atoms with van der Waals surface area (Å²) in [6.07, 6.45) is 6.45. The van der Waals surface area contributed by atoms with Crippen LogP contribution in [0.3, 0.4) is 0 Å². The summed E-state index contributed by atoms with van der Waals surface area (Å²) in [5.74, 6) is 1.72. The van der Waals surface area contributed by atoms with Gasteiger partial charge >= 0.3 is 0 Å². The van der Waals surface area contributed by atoms with Crippen LogP contribution >= 0.6 is 0 Å². The SMILES string of the molecule is CCOc1ccc(CN2CCC(Cn3cccn3)CC2)cc1. The van der Waals surface area contributed by atoms with Crippen molar-refractivity contribution in [2.75, 3.05) is 19.7 Å². The first kappa shape index (κ1) is 15.1. The lowest BCUT2D eigenvalue weighted by Gasteiger charge is -2.32. The van der Waals surface area contributed by atoms with E-state index < -0.39 is 0 Å². The molecule has 0 radical (unpaired) electrons. The number of hydrogen-bond donors (Lipinski definition) is 0. The van der Waals surface area contributed by atoms with E-state index in [4.69, 9.17) is 4.74 Å². The predicted molar refractivity (Wildman–Crippen MR) is 87.8 cm³/mol. The molecule has 0 amide bonds. The average molecular weight is 299 g/mol. The lowest BCUT2D eigenvalue weighted by molar-refractivity contribution is 0.164. The van der Waals surface area contributed by atoms with Crippen LogP contribution in [0.15, 0.2) is 42.7 Å².